The maximum absolute atomic E-state index is 13.0. The second kappa shape index (κ2) is 8.94. The number of ether oxygens (including phenoxy) is 1. The molecule has 1 aliphatic heterocycles. The molecule has 5 nitrogen and oxygen atoms in total. The molecule has 0 atom stereocenters. The molecule has 4 rings (SSSR count). The molecule has 0 saturated carbocycles. The molecule has 0 spiro atoms. The summed E-state index contributed by atoms with van der Waals surface area (Å²) in [5.41, 5.74) is 3.74. The van der Waals surface area contributed by atoms with Gasteiger partial charge in [-0.25, -0.2) is 8.42 Å². The fourth-order valence-corrected chi connectivity index (χ4v) is 4.52. The zero-order valence-electron chi connectivity index (χ0n) is 17.5. The molecule has 160 valence electrons. The molecule has 6 heteroatoms. The van der Waals surface area contributed by atoms with Crippen LogP contribution in [0.15, 0.2) is 77.7 Å². The van der Waals surface area contributed by atoms with Crippen LogP contribution in [0.4, 0.5) is 5.69 Å². The monoisotopic (exact) mass is 435 g/mol. The van der Waals surface area contributed by atoms with E-state index in [2.05, 4.69) is 0 Å². The van der Waals surface area contributed by atoms with E-state index in [1.807, 2.05) is 60.7 Å². The highest BCUT2D eigenvalue weighted by Crippen LogP contribution is 2.31. The summed E-state index contributed by atoms with van der Waals surface area (Å²) in [6, 6.07) is 22.8. The number of hydrogen-bond acceptors (Lipinski definition) is 4. The van der Waals surface area contributed by atoms with Crippen LogP contribution in [0.25, 0.3) is 11.1 Å². The number of aryl methyl sites for hydroxylation is 1. The Labute approximate surface area is 183 Å². The molecular formula is C25H25NO4S. The number of carbonyl (C=O) groups excluding carboxylic acids is 1. The SMILES string of the molecule is CS(=O)(=O)c1ccc2c(c1)N(C(=O)CCOc1ccccc1-c1ccccc1)CCC2. The second-order valence-corrected chi connectivity index (χ2v) is 9.69. The van der Waals surface area contributed by atoms with E-state index in [0.29, 0.717) is 12.2 Å². The molecular weight excluding hydrogens is 410 g/mol. The Bertz CT molecular complexity index is 1190. The molecule has 3 aromatic rings. The van der Waals surface area contributed by atoms with E-state index in [4.69, 9.17) is 4.74 Å². The normalized spacial score (nSPS) is 13.5. The minimum absolute atomic E-state index is 0.0659. The Morgan fingerprint density at radius 1 is 1.00 bits per heavy atom. The van der Waals surface area contributed by atoms with Gasteiger partial charge in [-0.05, 0) is 42.2 Å². The van der Waals surface area contributed by atoms with Crippen molar-refractivity contribution in [3.8, 4) is 16.9 Å². The number of para-hydroxylation sites is 1. The molecule has 0 bridgehead atoms. The molecule has 3 aromatic carbocycles. The van der Waals surface area contributed by atoms with Crippen molar-refractivity contribution in [2.45, 2.75) is 24.2 Å². The predicted molar refractivity (Wildman–Crippen MR) is 122 cm³/mol. The minimum Gasteiger partial charge on any atom is -0.492 e. The average Bonchev–Trinajstić information content (AvgIpc) is 2.78. The summed E-state index contributed by atoms with van der Waals surface area (Å²) in [5, 5.41) is 0. The first-order chi connectivity index (χ1) is 14.9. The van der Waals surface area contributed by atoms with Gasteiger partial charge in [0.25, 0.3) is 0 Å². The smallest absolute Gasteiger partial charge is 0.230 e. The Hall–Kier alpha value is -3.12. The Morgan fingerprint density at radius 2 is 1.74 bits per heavy atom. The number of carbonyl (C=O) groups is 1. The lowest BCUT2D eigenvalue weighted by Gasteiger charge is -2.30. The van der Waals surface area contributed by atoms with Gasteiger partial charge in [-0.3, -0.25) is 4.79 Å². The van der Waals surface area contributed by atoms with Gasteiger partial charge in [0.1, 0.15) is 5.75 Å². The molecule has 1 heterocycles. The third kappa shape index (κ3) is 4.80. The third-order valence-corrected chi connectivity index (χ3v) is 6.56. The van der Waals surface area contributed by atoms with Crippen LogP contribution >= 0.6 is 0 Å². The highest BCUT2D eigenvalue weighted by molar-refractivity contribution is 7.90. The van der Waals surface area contributed by atoms with Gasteiger partial charge in [-0.15, -0.1) is 0 Å². The number of amides is 1. The maximum Gasteiger partial charge on any atom is 0.230 e. The zero-order valence-corrected chi connectivity index (χ0v) is 18.3. The van der Waals surface area contributed by atoms with Crippen molar-refractivity contribution < 1.29 is 17.9 Å². The quantitative estimate of drug-likeness (QED) is 0.572. The number of sulfone groups is 1. The fraction of sp³-hybridized carbons (Fsp3) is 0.240. The molecule has 0 fully saturated rings. The lowest BCUT2D eigenvalue weighted by molar-refractivity contribution is -0.119. The van der Waals surface area contributed by atoms with Gasteiger partial charge in [-0.2, -0.15) is 0 Å². The average molecular weight is 436 g/mol. The molecule has 0 radical (unpaired) electrons. The number of benzene rings is 3. The van der Waals surface area contributed by atoms with Gasteiger partial charge in [0.05, 0.1) is 17.9 Å². The molecule has 0 N–H and O–H groups in total. The molecule has 1 aliphatic rings. The first-order valence-electron chi connectivity index (χ1n) is 10.3. The topological polar surface area (TPSA) is 63.7 Å². The highest BCUT2D eigenvalue weighted by Gasteiger charge is 2.24. The number of rotatable bonds is 6. The second-order valence-electron chi connectivity index (χ2n) is 7.67. The highest BCUT2D eigenvalue weighted by atomic mass is 32.2. The number of hydrogen-bond donors (Lipinski definition) is 0. The van der Waals surface area contributed by atoms with Gasteiger partial charge in [0.15, 0.2) is 9.84 Å². The van der Waals surface area contributed by atoms with Crippen LogP contribution in [0.3, 0.4) is 0 Å². The molecule has 0 unspecified atom stereocenters. The van der Waals surface area contributed by atoms with Crippen LogP contribution in [-0.2, 0) is 21.1 Å². The number of fused-ring (bicyclic) bond motifs is 1. The number of nitrogens with zero attached hydrogens (tertiary/aromatic N) is 1. The molecule has 31 heavy (non-hydrogen) atoms. The Balaban J connectivity index is 1.47. The lowest BCUT2D eigenvalue weighted by Crippen LogP contribution is -2.36. The van der Waals surface area contributed by atoms with Crippen molar-refractivity contribution in [1.82, 2.24) is 0 Å². The van der Waals surface area contributed by atoms with Crippen LogP contribution < -0.4 is 9.64 Å². The Kier molecular flexibility index (Phi) is 6.09. The number of anilines is 1. The van der Waals surface area contributed by atoms with Crippen LogP contribution in [0, 0.1) is 0 Å². The van der Waals surface area contributed by atoms with Crippen molar-refractivity contribution in [1.29, 1.82) is 0 Å². The summed E-state index contributed by atoms with van der Waals surface area (Å²) in [6.45, 7) is 0.833. The zero-order chi connectivity index (χ0) is 21.8. The van der Waals surface area contributed by atoms with Crippen molar-refractivity contribution >= 4 is 21.4 Å². The van der Waals surface area contributed by atoms with E-state index in [1.165, 1.54) is 6.26 Å². The van der Waals surface area contributed by atoms with Crippen molar-refractivity contribution in [2.24, 2.45) is 0 Å². The summed E-state index contributed by atoms with van der Waals surface area (Å²) < 4.78 is 29.9. The summed E-state index contributed by atoms with van der Waals surface area (Å²) in [6.07, 6.45) is 3.09. The van der Waals surface area contributed by atoms with E-state index < -0.39 is 9.84 Å². The van der Waals surface area contributed by atoms with Crippen LogP contribution in [0.1, 0.15) is 18.4 Å². The largest absolute Gasteiger partial charge is 0.492 e. The van der Waals surface area contributed by atoms with E-state index in [1.54, 1.807) is 17.0 Å². The van der Waals surface area contributed by atoms with Gasteiger partial charge in [-0.1, -0.05) is 54.6 Å². The molecule has 0 aromatic heterocycles. The van der Waals surface area contributed by atoms with E-state index >= 15 is 0 Å². The summed E-state index contributed by atoms with van der Waals surface area (Å²) in [7, 11) is -3.33. The first-order valence-corrected chi connectivity index (χ1v) is 12.2. The van der Waals surface area contributed by atoms with Crippen molar-refractivity contribution in [3.05, 3.63) is 78.4 Å². The summed E-state index contributed by atoms with van der Waals surface area (Å²) in [5.74, 6) is 0.670. The molecule has 0 saturated heterocycles. The Morgan fingerprint density at radius 3 is 2.52 bits per heavy atom. The predicted octanol–water partition coefficient (Wildman–Crippen LogP) is 4.51. The van der Waals surface area contributed by atoms with Crippen LogP contribution in [0.2, 0.25) is 0 Å². The third-order valence-electron chi connectivity index (χ3n) is 5.45. The van der Waals surface area contributed by atoms with Crippen LogP contribution in [0.5, 0.6) is 5.75 Å². The van der Waals surface area contributed by atoms with E-state index in [0.717, 1.165) is 35.3 Å². The van der Waals surface area contributed by atoms with E-state index in [-0.39, 0.29) is 23.8 Å². The first kappa shape index (κ1) is 21.1. The van der Waals surface area contributed by atoms with Gasteiger partial charge in [0.2, 0.25) is 5.91 Å². The van der Waals surface area contributed by atoms with Crippen molar-refractivity contribution in [3.63, 3.8) is 0 Å². The standard InChI is InChI=1S/C25H25NO4S/c1-31(28,29)21-14-13-20-10-7-16-26(23(20)18-21)25(27)15-17-30-24-12-6-5-11-22(24)19-8-3-2-4-9-19/h2-6,8-9,11-14,18H,7,10,15-17H2,1H3. The van der Waals surface area contributed by atoms with Crippen molar-refractivity contribution in [2.75, 3.05) is 24.3 Å². The molecule has 1 amide bonds. The summed E-state index contributed by atoms with van der Waals surface area (Å²) >= 11 is 0. The minimum atomic E-state index is -3.33. The van der Waals surface area contributed by atoms with E-state index in [9.17, 15) is 13.2 Å². The lowest BCUT2D eigenvalue weighted by atomic mass is 10.0. The van der Waals surface area contributed by atoms with Gasteiger partial charge >= 0.3 is 0 Å². The molecule has 0 aliphatic carbocycles. The summed E-state index contributed by atoms with van der Waals surface area (Å²) in [4.78, 5) is 14.9. The maximum atomic E-state index is 13.0. The fourth-order valence-electron chi connectivity index (χ4n) is 3.88. The van der Waals surface area contributed by atoms with Gasteiger partial charge < -0.3 is 9.64 Å². The van der Waals surface area contributed by atoms with Crippen LogP contribution in [-0.4, -0.2) is 33.7 Å². The van der Waals surface area contributed by atoms with Gasteiger partial charge in [0, 0.05) is 24.1 Å².